The van der Waals surface area contributed by atoms with Gasteiger partial charge in [0.15, 0.2) is 0 Å². The van der Waals surface area contributed by atoms with Gasteiger partial charge in [0.05, 0.1) is 36.7 Å². The molecule has 1 aliphatic rings. The summed E-state index contributed by atoms with van der Waals surface area (Å²) >= 11 is 0. The van der Waals surface area contributed by atoms with Crippen molar-refractivity contribution in [3.63, 3.8) is 0 Å². The number of fused-ring (bicyclic) bond motifs is 3. The molecule has 0 aliphatic carbocycles. The van der Waals surface area contributed by atoms with Crippen LogP contribution >= 0.6 is 0 Å². The molecule has 0 atom stereocenters. The topological polar surface area (TPSA) is 78.5 Å². The van der Waals surface area contributed by atoms with E-state index in [2.05, 4.69) is 5.10 Å². The Labute approximate surface area is 231 Å². The molecular formula is C32H30FN3O4. The molecule has 0 radical (unpaired) electrons. The van der Waals surface area contributed by atoms with Crippen molar-refractivity contribution in [2.24, 2.45) is 7.05 Å². The quantitative estimate of drug-likeness (QED) is 0.199. The molecule has 0 spiro atoms. The van der Waals surface area contributed by atoms with Crippen molar-refractivity contribution in [3.8, 4) is 16.9 Å². The van der Waals surface area contributed by atoms with Gasteiger partial charge in [0.25, 0.3) is 0 Å². The van der Waals surface area contributed by atoms with Crippen molar-refractivity contribution in [3.05, 3.63) is 95.2 Å². The third-order valence-electron chi connectivity index (χ3n) is 7.56. The van der Waals surface area contributed by atoms with Gasteiger partial charge in [-0.05, 0) is 48.9 Å². The number of ether oxygens (including phenoxy) is 2. The minimum Gasteiger partial charge on any atom is -0.493 e. The first-order valence-electron chi connectivity index (χ1n) is 13.4. The van der Waals surface area contributed by atoms with E-state index in [0.717, 1.165) is 27.6 Å². The third kappa shape index (κ3) is 4.44. The molecule has 0 unspecified atom stereocenters. The molecule has 6 rings (SSSR count). The Morgan fingerprint density at radius 3 is 2.75 bits per heavy atom. The second-order valence-corrected chi connectivity index (χ2v) is 10.0. The van der Waals surface area contributed by atoms with E-state index < -0.39 is 11.8 Å². The number of carbonyl (C=O) groups is 1. The molecule has 0 saturated heterocycles. The van der Waals surface area contributed by atoms with Crippen molar-refractivity contribution in [2.45, 2.75) is 32.9 Å². The molecular weight excluding hydrogens is 509 g/mol. The summed E-state index contributed by atoms with van der Waals surface area (Å²) in [7, 11) is 1.81. The van der Waals surface area contributed by atoms with Gasteiger partial charge < -0.3 is 19.1 Å². The molecule has 40 heavy (non-hydrogen) atoms. The summed E-state index contributed by atoms with van der Waals surface area (Å²) in [6.07, 6.45) is 4.79. The number of halogens is 1. The number of allylic oxidation sites excluding steroid dienone is 1. The van der Waals surface area contributed by atoms with Crippen LogP contribution in [0.4, 0.5) is 4.39 Å². The SMILES string of the molecule is Cc1nn(C)c2c1-c1c(F)ccc3c(CCCOc4cccc5ccccc45)c(C(=O)O)n(c13)C/C=C\COC2. The Morgan fingerprint density at radius 1 is 1.07 bits per heavy atom. The standard InChI is InChI=1S/C32H30FN3O4/c1-20-28-26(35(2)34-20)19-39-17-6-5-16-36-30-24(14-15-25(33)29(28)30)23(31(36)32(37)38)12-8-18-40-27-13-7-10-21-9-3-4-11-22(21)27/h3-7,9-11,13-15H,8,12,16-19H2,1-2H3,(H,37,38)/b6-5-. The summed E-state index contributed by atoms with van der Waals surface area (Å²) in [5.41, 5.74) is 3.82. The average molecular weight is 540 g/mol. The van der Waals surface area contributed by atoms with Crippen LogP contribution < -0.4 is 4.74 Å². The molecule has 7 nitrogen and oxygen atoms in total. The fourth-order valence-corrected chi connectivity index (χ4v) is 5.83. The van der Waals surface area contributed by atoms with Crippen LogP contribution in [0.3, 0.4) is 0 Å². The van der Waals surface area contributed by atoms with Crippen LogP contribution in [0.5, 0.6) is 5.75 Å². The second-order valence-electron chi connectivity index (χ2n) is 10.0. The molecule has 0 saturated carbocycles. The zero-order valence-corrected chi connectivity index (χ0v) is 22.5. The molecule has 3 aromatic carbocycles. The minimum atomic E-state index is -1.05. The van der Waals surface area contributed by atoms with E-state index in [1.165, 1.54) is 6.07 Å². The fraction of sp³-hybridized carbons (Fsp3) is 0.250. The van der Waals surface area contributed by atoms with Crippen molar-refractivity contribution >= 4 is 27.6 Å². The second kappa shape index (κ2) is 10.6. The highest BCUT2D eigenvalue weighted by molar-refractivity contribution is 6.04. The number of nitrogens with zero attached hydrogens (tertiary/aromatic N) is 3. The number of carboxylic acid groups (broad SMARTS) is 1. The van der Waals surface area contributed by atoms with E-state index in [1.54, 1.807) is 15.3 Å². The predicted molar refractivity (Wildman–Crippen MR) is 152 cm³/mol. The molecule has 204 valence electrons. The Morgan fingerprint density at radius 2 is 1.90 bits per heavy atom. The van der Waals surface area contributed by atoms with Crippen LogP contribution in [0.25, 0.3) is 32.8 Å². The van der Waals surface area contributed by atoms with Gasteiger partial charge in [-0.3, -0.25) is 4.68 Å². The highest BCUT2D eigenvalue weighted by atomic mass is 19.1. The molecule has 1 N–H and O–H groups in total. The molecule has 0 bridgehead atoms. The maximum atomic E-state index is 15.7. The Balaban J connectivity index is 1.43. The van der Waals surface area contributed by atoms with Crippen LogP contribution in [0.1, 0.15) is 33.9 Å². The van der Waals surface area contributed by atoms with Gasteiger partial charge in [-0.25, -0.2) is 9.18 Å². The number of aryl methyl sites for hydroxylation is 3. The lowest BCUT2D eigenvalue weighted by atomic mass is 9.97. The summed E-state index contributed by atoms with van der Waals surface area (Å²) in [5, 5.41) is 17.8. The average Bonchev–Trinajstić information content (AvgIpc) is 3.39. The van der Waals surface area contributed by atoms with Gasteiger partial charge >= 0.3 is 5.97 Å². The molecule has 0 amide bonds. The summed E-state index contributed by atoms with van der Waals surface area (Å²) < 4.78 is 31.1. The summed E-state index contributed by atoms with van der Waals surface area (Å²) in [6.45, 7) is 3.15. The van der Waals surface area contributed by atoms with Crippen molar-refractivity contribution in [1.29, 1.82) is 0 Å². The number of aromatic nitrogens is 3. The molecule has 8 heteroatoms. The highest BCUT2D eigenvalue weighted by Gasteiger charge is 2.28. The van der Waals surface area contributed by atoms with Crippen molar-refractivity contribution < 1.29 is 23.8 Å². The van der Waals surface area contributed by atoms with Crippen molar-refractivity contribution in [2.75, 3.05) is 13.2 Å². The van der Waals surface area contributed by atoms with E-state index in [4.69, 9.17) is 9.47 Å². The van der Waals surface area contributed by atoms with Crippen LogP contribution in [0, 0.1) is 12.7 Å². The first kappa shape index (κ1) is 25.8. The number of hydrogen-bond donors (Lipinski definition) is 1. The number of hydrogen-bond acceptors (Lipinski definition) is 4. The largest absolute Gasteiger partial charge is 0.493 e. The van der Waals surface area contributed by atoms with Crippen LogP contribution in [0.2, 0.25) is 0 Å². The first-order valence-corrected chi connectivity index (χ1v) is 13.4. The van der Waals surface area contributed by atoms with E-state index in [1.807, 2.05) is 68.6 Å². The van der Waals surface area contributed by atoms with E-state index in [-0.39, 0.29) is 18.8 Å². The van der Waals surface area contributed by atoms with Gasteiger partial charge in [-0.2, -0.15) is 5.10 Å². The summed E-state index contributed by atoms with van der Waals surface area (Å²) in [4.78, 5) is 12.7. The maximum Gasteiger partial charge on any atom is 0.352 e. The van der Waals surface area contributed by atoms with Gasteiger partial charge in [-0.1, -0.05) is 48.6 Å². The van der Waals surface area contributed by atoms with Gasteiger partial charge in [0, 0.05) is 35.5 Å². The Kier molecular flexibility index (Phi) is 6.86. The lowest BCUT2D eigenvalue weighted by Gasteiger charge is -2.12. The monoisotopic (exact) mass is 539 g/mol. The summed E-state index contributed by atoms with van der Waals surface area (Å²) in [5.74, 6) is -0.672. The van der Waals surface area contributed by atoms with E-state index >= 15 is 4.39 Å². The lowest BCUT2D eigenvalue weighted by Crippen LogP contribution is -2.11. The lowest BCUT2D eigenvalue weighted by molar-refractivity contribution is 0.0685. The third-order valence-corrected chi connectivity index (χ3v) is 7.56. The van der Waals surface area contributed by atoms with Crippen LogP contribution in [-0.4, -0.2) is 38.6 Å². The Bertz CT molecular complexity index is 1780. The molecule has 3 heterocycles. The molecule has 1 aliphatic heterocycles. The first-order chi connectivity index (χ1) is 19.5. The predicted octanol–water partition coefficient (Wildman–Crippen LogP) is 6.44. The maximum absolute atomic E-state index is 15.7. The normalized spacial score (nSPS) is 14.2. The van der Waals surface area contributed by atoms with E-state index in [0.29, 0.717) is 54.0 Å². The minimum absolute atomic E-state index is 0.167. The van der Waals surface area contributed by atoms with Gasteiger partial charge in [-0.15, -0.1) is 0 Å². The summed E-state index contributed by atoms with van der Waals surface area (Å²) in [6, 6.07) is 17.1. The highest BCUT2D eigenvalue weighted by Crippen LogP contribution is 2.40. The van der Waals surface area contributed by atoms with Crippen molar-refractivity contribution in [1.82, 2.24) is 14.3 Å². The number of aromatic carboxylic acids is 1. The number of carboxylic acids is 1. The van der Waals surface area contributed by atoms with Crippen LogP contribution in [0.15, 0.2) is 66.7 Å². The molecule has 5 aromatic rings. The molecule has 0 fully saturated rings. The molecule has 2 aromatic heterocycles. The fourth-order valence-electron chi connectivity index (χ4n) is 5.83. The van der Waals surface area contributed by atoms with E-state index in [9.17, 15) is 9.90 Å². The zero-order valence-electron chi connectivity index (χ0n) is 22.5. The van der Waals surface area contributed by atoms with Gasteiger partial charge in [0.1, 0.15) is 17.3 Å². The zero-order chi connectivity index (χ0) is 27.8. The number of rotatable bonds is 6. The Hall–Kier alpha value is -4.43. The van der Waals surface area contributed by atoms with Gasteiger partial charge in [0.2, 0.25) is 0 Å². The van der Waals surface area contributed by atoms with Crippen LogP contribution in [-0.2, 0) is 31.4 Å². The number of benzene rings is 3. The smallest absolute Gasteiger partial charge is 0.352 e.